The van der Waals surface area contributed by atoms with Crippen LogP contribution in [0.1, 0.15) is 22.8 Å². The topological polar surface area (TPSA) is 70.7 Å². The number of carbonyl (C=O) groups is 2. The summed E-state index contributed by atoms with van der Waals surface area (Å²) in [7, 11) is 1.59. The van der Waals surface area contributed by atoms with Crippen molar-refractivity contribution in [2.45, 2.75) is 13.5 Å². The molecular weight excluding hydrogens is 390 g/mol. The van der Waals surface area contributed by atoms with Crippen LogP contribution in [0.4, 0.5) is 11.4 Å². The highest BCUT2D eigenvalue weighted by Crippen LogP contribution is 2.19. The molecule has 0 radical (unpaired) electrons. The van der Waals surface area contributed by atoms with E-state index in [1.165, 1.54) is 0 Å². The van der Waals surface area contributed by atoms with E-state index < -0.39 is 0 Å². The third-order valence-electron chi connectivity index (χ3n) is 4.86. The van der Waals surface area contributed by atoms with Crippen LogP contribution in [-0.2, 0) is 11.3 Å². The van der Waals surface area contributed by atoms with E-state index in [2.05, 4.69) is 10.6 Å². The maximum Gasteiger partial charge on any atom is 0.257 e. The number of rotatable bonds is 9. The molecule has 0 saturated carbocycles. The first-order valence-corrected chi connectivity index (χ1v) is 10.2. The van der Waals surface area contributed by atoms with Gasteiger partial charge in [-0.05, 0) is 48.5 Å². The summed E-state index contributed by atoms with van der Waals surface area (Å²) in [6.07, 6.45) is 0. The molecule has 3 aromatic rings. The van der Waals surface area contributed by atoms with E-state index in [1.807, 2.05) is 42.2 Å². The molecule has 0 heterocycles. The molecule has 3 aromatic carbocycles. The average Bonchev–Trinajstić information content (AvgIpc) is 2.80. The van der Waals surface area contributed by atoms with E-state index in [1.54, 1.807) is 55.6 Å². The van der Waals surface area contributed by atoms with Crippen molar-refractivity contribution in [3.05, 3.63) is 90.0 Å². The normalized spacial score (nSPS) is 10.5. The fourth-order valence-corrected chi connectivity index (χ4v) is 3.18. The lowest BCUT2D eigenvalue weighted by Crippen LogP contribution is -2.33. The molecular formula is C25H27N3O3. The number of anilines is 2. The second-order valence-corrected chi connectivity index (χ2v) is 7.07. The van der Waals surface area contributed by atoms with Crippen LogP contribution in [0.15, 0.2) is 78.9 Å². The Hall–Kier alpha value is -3.64. The van der Waals surface area contributed by atoms with E-state index in [-0.39, 0.29) is 18.4 Å². The number of likely N-dealkylation sites (N-methyl/N-ethyl adjacent to an activating group) is 1. The van der Waals surface area contributed by atoms with Crippen molar-refractivity contribution >= 4 is 23.2 Å². The molecule has 2 N–H and O–H groups in total. The summed E-state index contributed by atoms with van der Waals surface area (Å²) in [5, 5.41) is 5.74. The van der Waals surface area contributed by atoms with Crippen LogP contribution >= 0.6 is 0 Å². The molecule has 0 aliphatic heterocycles. The SMILES string of the molecule is CCN(CC(=O)Nc1ccccc1C(=O)Nc1ccc(OC)cc1)Cc1ccccc1. The average molecular weight is 418 g/mol. The number of para-hydroxylation sites is 1. The minimum Gasteiger partial charge on any atom is -0.497 e. The highest BCUT2D eigenvalue weighted by Gasteiger charge is 2.15. The second kappa shape index (κ2) is 10.9. The number of hydrogen-bond donors (Lipinski definition) is 2. The third-order valence-corrected chi connectivity index (χ3v) is 4.86. The quantitative estimate of drug-likeness (QED) is 0.541. The molecule has 3 rings (SSSR count). The van der Waals surface area contributed by atoms with Gasteiger partial charge >= 0.3 is 0 Å². The molecule has 0 aliphatic carbocycles. The van der Waals surface area contributed by atoms with E-state index in [9.17, 15) is 9.59 Å². The summed E-state index contributed by atoms with van der Waals surface area (Å²) in [6, 6.07) is 24.1. The summed E-state index contributed by atoms with van der Waals surface area (Å²) in [5.74, 6) is 0.252. The van der Waals surface area contributed by atoms with Crippen molar-refractivity contribution in [3.63, 3.8) is 0 Å². The predicted molar refractivity (Wildman–Crippen MR) is 123 cm³/mol. The van der Waals surface area contributed by atoms with Gasteiger partial charge in [0.25, 0.3) is 5.91 Å². The van der Waals surface area contributed by atoms with Crippen LogP contribution in [0.3, 0.4) is 0 Å². The predicted octanol–water partition coefficient (Wildman–Crippen LogP) is 4.41. The van der Waals surface area contributed by atoms with Crippen molar-refractivity contribution in [1.82, 2.24) is 4.90 Å². The Balaban J connectivity index is 1.64. The highest BCUT2D eigenvalue weighted by atomic mass is 16.5. The zero-order valence-electron chi connectivity index (χ0n) is 17.8. The Labute approximate surface area is 182 Å². The number of ether oxygens (including phenoxy) is 1. The summed E-state index contributed by atoms with van der Waals surface area (Å²) in [6.45, 7) is 3.68. The molecule has 160 valence electrons. The molecule has 0 aromatic heterocycles. The monoisotopic (exact) mass is 417 g/mol. The van der Waals surface area contributed by atoms with Crippen LogP contribution in [0.25, 0.3) is 0 Å². The molecule has 0 atom stereocenters. The van der Waals surface area contributed by atoms with Gasteiger partial charge in [-0.3, -0.25) is 14.5 Å². The van der Waals surface area contributed by atoms with Crippen molar-refractivity contribution in [2.75, 3.05) is 30.8 Å². The fraction of sp³-hybridized carbons (Fsp3) is 0.200. The van der Waals surface area contributed by atoms with E-state index in [0.29, 0.717) is 29.2 Å². The molecule has 0 unspecified atom stereocenters. The molecule has 6 heteroatoms. The van der Waals surface area contributed by atoms with Crippen LogP contribution in [0, 0.1) is 0 Å². The van der Waals surface area contributed by atoms with Crippen molar-refractivity contribution in [1.29, 1.82) is 0 Å². The number of methoxy groups -OCH3 is 1. The maximum atomic E-state index is 12.8. The number of carbonyl (C=O) groups excluding carboxylic acids is 2. The Kier molecular flexibility index (Phi) is 7.79. The van der Waals surface area contributed by atoms with E-state index in [4.69, 9.17) is 4.74 Å². The van der Waals surface area contributed by atoms with Crippen molar-refractivity contribution < 1.29 is 14.3 Å². The van der Waals surface area contributed by atoms with Gasteiger partial charge in [0.05, 0.1) is 24.9 Å². The second-order valence-electron chi connectivity index (χ2n) is 7.07. The molecule has 31 heavy (non-hydrogen) atoms. The van der Waals surface area contributed by atoms with Gasteiger partial charge in [-0.15, -0.1) is 0 Å². The van der Waals surface area contributed by atoms with E-state index in [0.717, 1.165) is 12.1 Å². The van der Waals surface area contributed by atoms with Crippen LogP contribution < -0.4 is 15.4 Å². The number of hydrogen-bond acceptors (Lipinski definition) is 4. The molecule has 6 nitrogen and oxygen atoms in total. The first kappa shape index (κ1) is 22.1. The standard InChI is InChI=1S/C25H27N3O3/c1-3-28(17-19-9-5-4-6-10-19)18-24(29)27-23-12-8-7-11-22(23)25(30)26-20-13-15-21(31-2)16-14-20/h4-16H,3,17-18H2,1-2H3,(H,26,30)(H,27,29). The van der Waals surface area contributed by atoms with Gasteiger partial charge < -0.3 is 15.4 Å². The first-order chi connectivity index (χ1) is 15.1. The molecule has 0 spiro atoms. The minimum absolute atomic E-state index is 0.164. The Morgan fingerprint density at radius 3 is 2.23 bits per heavy atom. The van der Waals surface area contributed by atoms with Gasteiger partial charge in [-0.1, -0.05) is 49.4 Å². The lowest BCUT2D eigenvalue weighted by Gasteiger charge is -2.20. The van der Waals surface area contributed by atoms with Crippen molar-refractivity contribution in [3.8, 4) is 5.75 Å². The van der Waals surface area contributed by atoms with Gasteiger partial charge in [0.2, 0.25) is 5.91 Å². The number of nitrogens with one attached hydrogen (secondary N) is 2. The smallest absolute Gasteiger partial charge is 0.257 e. The first-order valence-electron chi connectivity index (χ1n) is 10.2. The zero-order valence-corrected chi connectivity index (χ0v) is 17.8. The lowest BCUT2D eigenvalue weighted by atomic mass is 10.1. The third kappa shape index (κ3) is 6.42. The maximum absolute atomic E-state index is 12.8. The molecule has 2 amide bonds. The van der Waals surface area contributed by atoms with Gasteiger partial charge in [-0.25, -0.2) is 0 Å². The van der Waals surface area contributed by atoms with Gasteiger partial charge in [0.15, 0.2) is 0 Å². The van der Waals surface area contributed by atoms with Gasteiger partial charge in [-0.2, -0.15) is 0 Å². The molecule has 0 aliphatic rings. The Morgan fingerprint density at radius 1 is 0.871 bits per heavy atom. The van der Waals surface area contributed by atoms with Gasteiger partial charge in [0.1, 0.15) is 5.75 Å². The summed E-state index contributed by atoms with van der Waals surface area (Å²) >= 11 is 0. The summed E-state index contributed by atoms with van der Waals surface area (Å²) in [4.78, 5) is 27.5. The fourth-order valence-electron chi connectivity index (χ4n) is 3.18. The van der Waals surface area contributed by atoms with Crippen molar-refractivity contribution in [2.24, 2.45) is 0 Å². The van der Waals surface area contributed by atoms with Gasteiger partial charge in [0, 0.05) is 12.2 Å². The largest absolute Gasteiger partial charge is 0.497 e. The number of benzene rings is 3. The summed E-state index contributed by atoms with van der Waals surface area (Å²) in [5.41, 5.74) is 2.68. The lowest BCUT2D eigenvalue weighted by molar-refractivity contribution is -0.117. The van der Waals surface area contributed by atoms with Crippen LogP contribution in [0.2, 0.25) is 0 Å². The number of amides is 2. The molecule has 0 bridgehead atoms. The van der Waals surface area contributed by atoms with Crippen LogP contribution in [0.5, 0.6) is 5.75 Å². The minimum atomic E-state index is -0.294. The molecule has 0 fully saturated rings. The number of nitrogens with zero attached hydrogens (tertiary/aromatic N) is 1. The Bertz CT molecular complexity index is 1000. The zero-order chi connectivity index (χ0) is 22.1. The highest BCUT2D eigenvalue weighted by molar-refractivity contribution is 6.10. The molecule has 0 saturated heterocycles. The summed E-state index contributed by atoms with van der Waals surface area (Å²) < 4.78 is 5.14. The van der Waals surface area contributed by atoms with E-state index >= 15 is 0 Å². The van der Waals surface area contributed by atoms with Crippen LogP contribution in [-0.4, -0.2) is 36.9 Å². The Morgan fingerprint density at radius 2 is 1.55 bits per heavy atom.